The standard InChI is InChI=1S/C15H12Cl2F3N/c1-2-21-15(9-5-8(18)3-4-11(9)16)10-6-14(20)12(17)7-13(10)19/h3-7,15,21H,2H2,1H3. The Morgan fingerprint density at radius 2 is 1.67 bits per heavy atom. The SMILES string of the molecule is CCNC(c1cc(F)c(Cl)cc1F)c1cc(F)ccc1Cl. The number of hydrogen-bond acceptors (Lipinski definition) is 1. The number of rotatable bonds is 4. The molecule has 0 aromatic heterocycles. The van der Waals surface area contributed by atoms with Crippen molar-refractivity contribution in [2.24, 2.45) is 0 Å². The molecule has 1 atom stereocenters. The fourth-order valence-corrected chi connectivity index (χ4v) is 2.46. The van der Waals surface area contributed by atoms with Crippen molar-refractivity contribution in [3.8, 4) is 0 Å². The third kappa shape index (κ3) is 3.51. The van der Waals surface area contributed by atoms with Crippen LogP contribution in [0.25, 0.3) is 0 Å². The summed E-state index contributed by atoms with van der Waals surface area (Å²) in [5.74, 6) is -1.94. The van der Waals surface area contributed by atoms with Crippen LogP contribution in [-0.4, -0.2) is 6.54 Å². The van der Waals surface area contributed by atoms with E-state index in [9.17, 15) is 13.2 Å². The summed E-state index contributed by atoms with van der Waals surface area (Å²) in [6.45, 7) is 2.26. The average molecular weight is 334 g/mol. The van der Waals surface area contributed by atoms with E-state index in [2.05, 4.69) is 5.32 Å². The molecule has 0 bridgehead atoms. The summed E-state index contributed by atoms with van der Waals surface area (Å²) < 4.78 is 41.1. The molecule has 1 unspecified atom stereocenters. The van der Waals surface area contributed by atoms with E-state index in [4.69, 9.17) is 23.2 Å². The number of hydrogen-bond donors (Lipinski definition) is 1. The van der Waals surface area contributed by atoms with Gasteiger partial charge in [0, 0.05) is 10.6 Å². The predicted octanol–water partition coefficient (Wildman–Crippen LogP) is 5.11. The van der Waals surface area contributed by atoms with Crippen LogP contribution in [0.1, 0.15) is 24.1 Å². The molecule has 0 heterocycles. The second-order valence-electron chi connectivity index (χ2n) is 4.44. The lowest BCUT2D eigenvalue weighted by molar-refractivity contribution is 0.542. The van der Waals surface area contributed by atoms with Gasteiger partial charge in [0.05, 0.1) is 11.1 Å². The minimum atomic E-state index is -0.773. The quantitative estimate of drug-likeness (QED) is 0.766. The van der Waals surface area contributed by atoms with Crippen molar-refractivity contribution in [1.82, 2.24) is 5.32 Å². The summed E-state index contributed by atoms with van der Waals surface area (Å²) in [5.41, 5.74) is 0.352. The molecule has 0 radical (unpaired) electrons. The lowest BCUT2D eigenvalue weighted by atomic mass is 9.97. The van der Waals surface area contributed by atoms with E-state index >= 15 is 0 Å². The molecule has 2 aromatic carbocycles. The Balaban J connectivity index is 2.58. The van der Waals surface area contributed by atoms with Crippen LogP contribution in [0.2, 0.25) is 10.0 Å². The molecule has 0 aliphatic carbocycles. The first kappa shape index (κ1) is 16.1. The maximum Gasteiger partial charge on any atom is 0.142 e. The van der Waals surface area contributed by atoms with Crippen LogP contribution in [0.4, 0.5) is 13.2 Å². The molecule has 0 saturated heterocycles. The first-order valence-electron chi connectivity index (χ1n) is 6.26. The molecule has 0 aliphatic rings. The minimum absolute atomic E-state index is 0.0197. The summed E-state index contributed by atoms with van der Waals surface area (Å²) in [5, 5.41) is 2.92. The Hall–Kier alpha value is -1.23. The number of nitrogens with one attached hydrogen (secondary N) is 1. The van der Waals surface area contributed by atoms with Crippen LogP contribution in [-0.2, 0) is 0 Å². The van der Waals surface area contributed by atoms with E-state index in [0.29, 0.717) is 12.1 Å². The van der Waals surface area contributed by atoms with Gasteiger partial charge in [0.1, 0.15) is 17.5 Å². The smallest absolute Gasteiger partial charge is 0.142 e. The zero-order valence-electron chi connectivity index (χ0n) is 11.1. The van der Waals surface area contributed by atoms with Crippen LogP contribution < -0.4 is 5.32 Å². The normalized spacial score (nSPS) is 12.5. The van der Waals surface area contributed by atoms with Gasteiger partial charge < -0.3 is 5.32 Å². The van der Waals surface area contributed by atoms with Crippen molar-refractivity contribution in [3.63, 3.8) is 0 Å². The number of halogens is 5. The Morgan fingerprint density at radius 1 is 0.952 bits per heavy atom. The van der Waals surface area contributed by atoms with E-state index in [1.807, 2.05) is 0 Å². The zero-order chi connectivity index (χ0) is 15.6. The number of benzene rings is 2. The maximum absolute atomic E-state index is 14.1. The molecular formula is C15H12Cl2F3N. The highest BCUT2D eigenvalue weighted by atomic mass is 35.5. The summed E-state index contributed by atoms with van der Waals surface area (Å²) >= 11 is 11.6. The largest absolute Gasteiger partial charge is 0.306 e. The van der Waals surface area contributed by atoms with E-state index in [1.165, 1.54) is 18.2 Å². The van der Waals surface area contributed by atoms with Crippen molar-refractivity contribution in [2.45, 2.75) is 13.0 Å². The monoisotopic (exact) mass is 333 g/mol. The Morgan fingerprint density at radius 3 is 2.33 bits per heavy atom. The topological polar surface area (TPSA) is 12.0 Å². The molecule has 1 N–H and O–H groups in total. The van der Waals surface area contributed by atoms with Crippen molar-refractivity contribution in [1.29, 1.82) is 0 Å². The highest BCUT2D eigenvalue weighted by Crippen LogP contribution is 2.32. The third-order valence-electron chi connectivity index (χ3n) is 3.03. The highest BCUT2D eigenvalue weighted by Gasteiger charge is 2.22. The minimum Gasteiger partial charge on any atom is -0.306 e. The van der Waals surface area contributed by atoms with Crippen LogP contribution in [0.5, 0.6) is 0 Å². The van der Waals surface area contributed by atoms with Crippen molar-refractivity contribution >= 4 is 23.2 Å². The molecule has 0 spiro atoms. The van der Waals surface area contributed by atoms with Crippen LogP contribution in [0.15, 0.2) is 30.3 Å². The second kappa shape index (κ2) is 6.69. The van der Waals surface area contributed by atoms with Gasteiger partial charge in [-0.15, -0.1) is 0 Å². The summed E-state index contributed by atoms with van der Waals surface area (Å²) in [4.78, 5) is 0. The van der Waals surface area contributed by atoms with E-state index in [1.54, 1.807) is 6.92 Å². The Bertz CT molecular complexity index is 662. The third-order valence-corrected chi connectivity index (χ3v) is 3.66. The zero-order valence-corrected chi connectivity index (χ0v) is 12.6. The molecule has 0 saturated carbocycles. The van der Waals surface area contributed by atoms with Crippen LogP contribution in [0, 0.1) is 17.5 Å². The molecule has 21 heavy (non-hydrogen) atoms. The molecule has 0 aliphatic heterocycles. The lowest BCUT2D eigenvalue weighted by Gasteiger charge is -2.21. The van der Waals surface area contributed by atoms with Gasteiger partial charge in [-0.2, -0.15) is 0 Å². The summed E-state index contributed by atoms with van der Waals surface area (Å²) in [6, 6.07) is 4.89. The average Bonchev–Trinajstić information content (AvgIpc) is 2.43. The first-order valence-corrected chi connectivity index (χ1v) is 7.02. The van der Waals surface area contributed by atoms with Gasteiger partial charge in [0.2, 0.25) is 0 Å². The molecule has 1 nitrogen and oxygen atoms in total. The molecule has 0 amide bonds. The van der Waals surface area contributed by atoms with Gasteiger partial charge in [-0.1, -0.05) is 30.1 Å². The molecule has 2 rings (SSSR count). The predicted molar refractivity (Wildman–Crippen MR) is 78.3 cm³/mol. The molecule has 0 fully saturated rings. The maximum atomic E-state index is 14.1. The van der Waals surface area contributed by atoms with E-state index < -0.39 is 23.5 Å². The molecule has 6 heteroatoms. The van der Waals surface area contributed by atoms with E-state index in [0.717, 1.165) is 12.1 Å². The second-order valence-corrected chi connectivity index (χ2v) is 5.26. The van der Waals surface area contributed by atoms with Crippen LogP contribution >= 0.6 is 23.2 Å². The van der Waals surface area contributed by atoms with E-state index in [-0.39, 0.29) is 15.6 Å². The Kier molecular flexibility index (Phi) is 5.14. The van der Waals surface area contributed by atoms with Gasteiger partial charge in [-0.3, -0.25) is 0 Å². The summed E-state index contributed by atoms with van der Waals surface area (Å²) in [7, 11) is 0. The van der Waals surface area contributed by atoms with Crippen molar-refractivity contribution < 1.29 is 13.2 Å². The molecule has 2 aromatic rings. The lowest BCUT2D eigenvalue weighted by Crippen LogP contribution is -2.23. The van der Waals surface area contributed by atoms with Crippen molar-refractivity contribution in [2.75, 3.05) is 6.54 Å². The van der Waals surface area contributed by atoms with Crippen LogP contribution in [0.3, 0.4) is 0 Å². The van der Waals surface area contributed by atoms with Crippen molar-refractivity contribution in [3.05, 3.63) is 69.0 Å². The van der Waals surface area contributed by atoms with Gasteiger partial charge >= 0.3 is 0 Å². The fourth-order valence-electron chi connectivity index (χ4n) is 2.09. The fraction of sp³-hybridized carbons (Fsp3) is 0.200. The summed E-state index contributed by atoms with van der Waals surface area (Å²) in [6.07, 6.45) is 0. The molecular weight excluding hydrogens is 322 g/mol. The highest BCUT2D eigenvalue weighted by molar-refractivity contribution is 6.31. The first-order chi connectivity index (χ1) is 9.93. The van der Waals surface area contributed by atoms with Gasteiger partial charge in [0.15, 0.2) is 0 Å². The van der Waals surface area contributed by atoms with Gasteiger partial charge in [-0.05, 0) is 42.4 Å². The van der Waals surface area contributed by atoms with Gasteiger partial charge in [0.25, 0.3) is 0 Å². The Labute approximate surface area is 130 Å². The molecule has 112 valence electrons. The van der Waals surface area contributed by atoms with Gasteiger partial charge in [-0.25, -0.2) is 13.2 Å².